The zero-order valence-corrected chi connectivity index (χ0v) is 18.7. The highest BCUT2D eigenvalue weighted by Gasteiger charge is 2.39. The number of likely N-dealkylation sites (N-methyl/N-ethyl adjacent to an activating group) is 1. The van der Waals surface area contributed by atoms with E-state index in [0.29, 0.717) is 13.1 Å². The van der Waals surface area contributed by atoms with E-state index >= 15 is 0 Å². The molecule has 1 atom stereocenters. The second-order valence-electron chi connectivity index (χ2n) is 8.97. The van der Waals surface area contributed by atoms with Crippen LogP contribution < -0.4 is 4.90 Å². The number of carbonyl (C=O) groups excluding carboxylic acids is 3. The average Bonchev–Trinajstić information content (AvgIpc) is 3.24. The van der Waals surface area contributed by atoms with Gasteiger partial charge in [0.1, 0.15) is 0 Å². The molecule has 1 fully saturated rings. The van der Waals surface area contributed by atoms with Crippen molar-refractivity contribution in [1.29, 1.82) is 0 Å². The number of anilines is 1. The Morgan fingerprint density at radius 3 is 2.50 bits per heavy atom. The smallest absolute Gasteiger partial charge is 0.311 e. The quantitative estimate of drug-likeness (QED) is 0.517. The van der Waals surface area contributed by atoms with Gasteiger partial charge in [-0.15, -0.1) is 0 Å². The van der Waals surface area contributed by atoms with E-state index in [1.54, 1.807) is 11.0 Å². The van der Waals surface area contributed by atoms with Crippen LogP contribution in [0, 0.1) is 5.92 Å². The molecule has 2 aromatic rings. The maximum atomic E-state index is 12.6. The second kappa shape index (κ2) is 8.61. The van der Waals surface area contributed by atoms with Gasteiger partial charge in [-0.05, 0) is 17.2 Å². The highest BCUT2D eigenvalue weighted by Crippen LogP contribution is 2.46. The lowest BCUT2D eigenvalue weighted by atomic mass is 9.83. The highest BCUT2D eigenvalue weighted by atomic mass is 16.5. The maximum absolute atomic E-state index is 12.6. The van der Waals surface area contributed by atoms with Crippen LogP contribution in [0.2, 0.25) is 0 Å². The van der Waals surface area contributed by atoms with Crippen molar-refractivity contribution < 1.29 is 19.1 Å². The largest absolute Gasteiger partial charge is 0.457 e. The summed E-state index contributed by atoms with van der Waals surface area (Å²) in [6, 6.07) is 17.7. The summed E-state index contributed by atoms with van der Waals surface area (Å²) in [7, 11) is 1.93. The van der Waals surface area contributed by atoms with Crippen molar-refractivity contribution in [3.8, 4) is 0 Å². The van der Waals surface area contributed by atoms with Gasteiger partial charge in [0, 0.05) is 49.4 Å². The van der Waals surface area contributed by atoms with E-state index in [2.05, 4.69) is 19.9 Å². The van der Waals surface area contributed by atoms with Crippen molar-refractivity contribution in [2.45, 2.75) is 32.2 Å². The summed E-state index contributed by atoms with van der Waals surface area (Å²) in [4.78, 5) is 41.1. The number of esters is 1. The first-order valence-corrected chi connectivity index (χ1v) is 10.8. The van der Waals surface area contributed by atoms with Gasteiger partial charge in [-0.3, -0.25) is 14.4 Å². The minimum absolute atomic E-state index is 0.0728. The highest BCUT2D eigenvalue weighted by molar-refractivity contribution is 5.95. The number of ketones is 1. The number of ether oxygens (including phenoxy) is 1. The molecule has 6 nitrogen and oxygen atoms in total. The molecule has 1 amide bonds. The zero-order chi connectivity index (χ0) is 22.9. The molecule has 2 aromatic carbocycles. The molecule has 0 spiro atoms. The summed E-state index contributed by atoms with van der Waals surface area (Å²) in [5.74, 6) is -1.38. The molecule has 0 aromatic heterocycles. The van der Waals surface area contributed by atoms with E-state index in [9.17, 15) is 14.4 Å². The topological polar surface area (TPSA) is 66.9 Å². The fraction of sp³-hybridized carbons (Fsp3) is 0.346. The maximum Gasteiger partial charge on any atom is 0.311 e. The molecule has 2 aliphatic rings. The van der Waals surface area contributed by atoms with E-state index in [1.165, 1.54) is 0 Å². The summed E-state index contributed by atoms with van der Waals surface area (Å²) in [6.07, 6.45) is 1.68. The summed E-state index contributed by atoms with van der Waals surface area (Å²) in [5, 5.41) is 0. The van der Waals surface area contributed by atoms with Crippen LogP contribution in [0.15, 0.2) is 66.4 Å². The monoisotopic (exact) mass is 432 g/mol. The predicted octanol–water partition coefficient (Wildman–Crippen LogP) is 3.46. The summed E-state index contributed by atoms with van der Waals surface area (Å²) < 4.78 is 5.29. The molecule has 2 aliphatic heterocycles. The van der Waals surface area contributed by atoms with Crippen molar-refractivity contribution in [3.05, 3.63) is 77.5 Å². The van der Waals surface area contributed by atoms with Crippen LogP contribution >= 0.6 is 0 Å². The zero-order valence-electron chi connectivity index (χ0n) is 18.7. The number of para-hydroxylation sites is 1. The van der Waals surface area contributed by atoms with Crippen LogP contribution in [-0.2, 0) is 31.1 Å². The van der Waals surface area contributed by atoms with Crippen molar-refractivity contribution >= 4 is 23.3 Å². The normalized spacial score (nSPS) is 20.5. The molecular weight excluding hydrogens is 404 g/mol. The van der Waals surface area contributed by atoms with Crippen LogP contribution in [0.1, 0.15) is 31.4 Å². The first-order valence-electron chi connectivity index (χ1n) is 10.8. The number of nitrogens with zero attached hydrogens (tertiary/aromatic N) is 2. The second-order valence-corrected chi connectivity index (χ2v) is 8.97. The molecule has 0 saturated carbocycles. The molecule has 1 saturated heterocycles. The lowest BCUT2D eigenvalue weighted by molar-refractivity contribution is -0.151. The van der Waals surface area contributed by atoms with Crippen LogP contribution in [0.3, 0.4) is 0 Å². The Labute approximate surface area is 188 Å². The minimum Gasteiger partial charge on any atom is -0.457 e. The average molecular weight is 433 g/mol. The van der Waals surface area contributed by atoms with Crippen LogP contribution in [-0.4, -0.2) is 42.8 Å². The Balaban J connectivity index is 1.35. The molecule has 2 heterocycles. The third-order valence-electron chi connectivity index (χ3n) is 6.36. The van der Waals surface area contributed by atoms with Crippen molar-refractivity contribution in [1.82, 2.24) is 4.90 Å². The van der Waals surface area contributed by atoms with E-state index in [-0.39, 0.29) is 30.1 Å². The number of rotatable bonds is 6. The van der Waals surface area contributed by atoms with E-state index < -0.39 is 11.9 Å². The van der Waals surface area contributed by atoms with Gasteiger partial charge in [-0.25, -0.2) is 0 Å². The van der Waals surface area contributed by atoms with Crippen molar-refractivity contribution in [3.63, 3.8) is 0 Å². The Morgan fingerprint density at radius 2 is 1.78 bits per heavy atom. The van der Waals surface area contributed by atoms with Crippen LogP contribution in [0.5, 0.6) is 0 Å². The van der Waals surface area contributed by atoms with Gasteiger partial charge in [0.05, 0.1) is 5.92 Å². The molecule has 166 valence electrons. The number of amides is 1. The number of allylic oxidation sites excluding steroid dienone is 1. The number of carbonyl (C=O) groups is 3. The molecule has 0 aliphatic carbocycles. The number of benzene rings is 2. The first kappa shape index (κ1) is 21.8. The van der Waals surface area contributed by atoms with Gasteiger partial charge in [0.15, 0.2) is 12.4 Å². The Kier molecular flexibility index (Phi) is 5.87. The third-order valence-corrected chi connectivity index (χ3v) is 6.36. The lowest BCUT2D eigenvalue weighted by Gasteiger charge is -2.24. The summed E-state index contributed by atoms with van der Waals surface area (Å²) >= 11 is 0. The molecule has 6 heteroatoms. The molecular formula is C26H28N2O4. The SMILES string of the molecule is CN1/C(=C\C(=O)COC(=O)C2CC(=O)N(Cc3ccccc3)C2)C(C)(C)c2ccccc21. The molecule has 4 rings (SSSR count). The standard InChI is InChI=1S/C26H28N2O4/c1-26(2)21-11-7-8-12-22(21)27(3)23(26)14-20(29)17-32-25(31)19-13-24(30)28(16-19)15-18-9-5-4-6-10-18/h4-12,14,19H,13,15-17H2,1-3H3/b23-14-. The summed E-state index contributed by atoms with van der Waals surface area (Å²) in [5.41, 5.74) is 3.78. The van der Waals surface area contributed by atoms with Crippen LogP contribution in [0.25, 0.3) is 0 Å². The van der Waals surface area contributed by atoms with Gasteiger partial charge in [-0.2, -0.15) is 0 Å². The lowest BCUT2D eigenvalue weighted by Crippen LogP contribution is -2.27. The van der Waals surface area contributed by atoms with Gasteiger partial charge in [0.25, 0.3) is 0 Å². The van der Waals surface area contributed by atoms with Gasteiger partial charge in [0.2, 0.25) is 5.91 Å². The van der Waals surface area contributed by atoms with E-state index in [0.717, 1.165) is 22.5 Å². The number of fused-ring (bicyclic) bond motifs is 1. The fourth-order valence-electron chi connectivity index (χ4n) is 4.60. The molecule has 0 N–H and O–H groups in total. The molecule has 0 bridgehead atoms. The predicted molar refractivity (Wildman–Crippen MR) is 122 cm³/mol. The third kappa shape index (κ3) is 4.17. The number of hydrogen-bond donors (Lipinski definition) is 0. The number of likely N-dealkylation sites (tertiary alicyclic amines) is 1. The van der Waals surface area contributed by atoms with E-state index in [4.69, 9.17) is 4.74 Å². The first-order chi connectivity index (χ1) is 15.3. The Morgan fingerprint density at radius 1 is 1.09 bits per heavy atom. The summed E-state index contributed by atoms with van der Waals surface area (Å²) in [6.45, 7) is 4.60. The van der Waals surface area contributed by atoms with Crippen molar-refractivity contribution in [2.24, 2.45) is 5.92 Å². The van der Waals surface area contributed by atoms with E-state index in [1.807, 2.05) is 60.5 Å². The van der Waals surface area contributed by atoms with Crippen molar-refractivity contribution in [2.75, 3.05) is 25.1 Å². The Bertz CT molecular complexity index is 1070. The van der Waals surface area contributed by atoms with Gasteiger partial charge >= 0.3 is 5.97 Å². The fourth-order valence-corrected chi connectivity index (χ4v) is 4.60. The number of hydrogen-bond acceptors (Lipinski definition) is 5. The van der Waals surface area contributed by atoms with Crippen LogP contribution in [0.4, 0.5) is 5.69 Å². The molecule has 32 heavy (non-hydrogen) atoms. The van der Waals surface area contributed by atoms with Gasteiger partial charge < -0.3 is 14.5 Å². The Hall–Kier alpha value is -3.41. The molecule has 1 unspecified atom stereocenters. The van der Waals surface area contributed by atoms with Gasteiger partial charge in [-0.1, -0.05) is 62.4 Å². The molecule has 0 radical (unpaired) electrons. The minimum atomic E-state index is -0.540.